The molecular weight excluding hydrogens is 405 g/mol. The van der Waals surface area contributed by atoms with E-state index in [1.54, 1.807) is 0 Å². The van der Waals surface area contributed by atoms with E-state index in [1.165, 1.54) is 0 Å². The fourth-order valence-electron chi connectivity index (χ4n) is 0. The molecule has 0 aromatic carbocycles. The third kappa shape index (κ3) is 197. The van der Waals surface area contributed by atoms with Crippen molar-refractivity contribution in [2.24, 2.45) is 0 Å². The van der Waals surface area contributed by atoms with Crippen molar-refractivity contribution >= 4 is 48.6 Å². The van der Waals surface area contributed by atoms with Gasteiger partial charge in [-0.15, -0.1) is 0 Å². The van der Waals surface area contributed by atoms with Gasteiger partial charge in [0.05, 0.1) is 0 Å². The zero-order valence-electron chi connectivity index (χ0n) is 7.88. The molecule has 0 saturated heterocycles. The van der Waals surface area contributed by atoms with Crippen molar-refractivity contribution in [1.82, 2.24) is 0 Å². The van der Waals surface area contributed by atoms with E-state index in [0.29, 0.717) is 0 Å². The zero-order valence-corrected chi connectivity index (χ0v) is 15.2. The van der Waals surface area contributed by atoms with Gasteiger partial charge in [0.1, 0.15) is 0 Å². The maximum atomic E-state index is 3.58. The van der Waals surface area contributed by atoms with Crippen molar-refractivity contribution < 1.29 is 5.48 Å². The van der Waals surface area contributed by atoms with Crippen LogP contribution in [0.5, 0.6) is 0 Å². The molecule has 0 aromatic heterocycles. The van der Waals surface area contributed by atoms with E-state index in [-0.39, 0.29) is 5.48 Å². The van der Waals surface area contributed by atoms with Gasteiger partial charge in [0.15, 0.2) is 0 Å². The minimum absolute atomic E-state index is 0. The van der Waals surface area contributed by atoms with E-state index in [9.17, 15) is 0 Å². The predicted molar refractivity (Wildman–Crippen MR) is 59.2 cm³/mol. The van der Waals surface area contributed by atoms with Crippen LogP contribution in [-0.2, 0) is 0 Å². The van der Waals surface area contributed by atoms with Gasteiger partial charge >= 0.3 is 78.3 Å². The molecule has 0 rings (SSSR count). The second kappa shape index (κ2) is 9.13. The Morgan fingerprint density at radius 1 is 1.00 bits per heavy atom. The summed E-state index contributed by atoms with van der Waals surface area (Å²) in [7, 11) is 0. The Morgan fingerprint density at radius 2 is 1.00 bits per heavy atom. The molecule has 0 bridgehead atoms. The van der Waals surface area contributed by atoms with Crippen LogP contribution in [0.25, 0.3) is 0 Å². The first kappa shape index (κ1) is 18.0. The Kier molecular flexibility index (Phi) is 16.4. The molecule has 0 aromatic rings. The number of hydrogen-bond acceptors (Lipinski definition) is 0. The van der Waals surface area contributed by atoms with Crippen LogP contribution >= 0.6 is 12.7 Å². The number of hydrogen-bond donors (Lipinski definition) is 0. The summed E-state index contributed by atoms with van der Waals surface area (Å²) >= 11 is 1.67. The Hall–Kier alpha value is 2.04. The molecule has 0 amide bonds. The molecule has 0 heterocycles. The van der Waals surface area contributed by atoms with Gasteiger partial charge in [-0.1, -0.05) is 0 Å². The summed E-state index contributed by atoms with van der Waals surface area (Å²) in [5, 5.41) is 0. The average Bonchev–Trinajstić information content (AvgIpc) is 1.19. The van der Waals surface area contributed by atoms with E-state index >= 15 is 0 Å². The van der Waals surface area contributed by atoms with E-state index < -0.39 is 35.9 Å². The Morgan fingerprint density at radius 3 is 1.00 bits per heavy atom. The van der Waals surface area contributed by atoms with Gasteiger partial charge in [-0.25, -0.2) is 0 Å². The first-order chi connectivity index (χ1) is 3.73. The van der Waals surface area contributed by atoms with Crippen molar-refractivity contribution in [3.05, 3.63) is 0 Å². The molecule has 1 nitrogen and oxygen atoms in total. The van der Waals surface area contributed by atoms with Crippen LogP contribution < -0.4 is 0 Å². The van der Waals surface area contributed by atoms with E-state index in [2.05, 4.69) is 42.3 Å². The van der Waals surface area contributed by atoms with Crippen LogP contribution in [0.1, 0.15) is 0 Å². The summed E-state index contributed by atoms with van der Waals surface area (Å²) < 4.78 is 0. The van der Waals surface area contributed by atoms with Crippen molar-refractivity contribution in [3.8, 4) is 0 Å². The average molecular weight is 426 g/mol. The maximum absolute atomic E-state index is 3.58. The van der Waals surface area contributed by atoms with Crippen LogP contribution in [-0.4, -0.2) is 41.4 Å². The van der Waals surface area contributed by atoms with Gasteiger partial charge in [0.25, 0.3) is 0 Å². The van der Waals surface area contributed by atoms with Crippen molar-refractivity contribution in [1.29, 1.82) is 0 Å². The van der Waals surface area contributed by atoms with Gasteiger partial charge in [-0.05, 0) is 0 Å². The van der Waals surface area contributed by atoms with Gasteiger partial charge < -0.3 is 5.48 Å². The monoisotopic (exact) mass is 427 g/mol. The summed E-state index contributed by atoms with van der Waals surface area (Å²) in [6, 6.07) is 0. The van der Waals surface area contributed by atoms with Crippen LogP contribution in [0.2, 0.25) is 29.6 Å². The SMILES string of the molecule is O.[CH3][Sn]([CH3])([CH3])[Br].[CH3][Sn]([CH3])[CH3]. The quantitative estimate of drug-likeness (QED) is 0.535. The molecule has 65 valence electrons. The summed E-state index contributed by atoms with van der Waals surface area (Å²) in [5.41, 5.74) is 0. The molecule has 0 fully saturated rings. The van der Waals surface area contributed by atoms with Crippen LogP contribution in [0.3, 0.4) is 0 Å². The van der Waals surface area contributed by atoms with Crippen molar-refractivity contribution in [3.63, 3.8) is 0 Å². The standard InChI is InChI=1S/6CH3.BrH.H2O.2Sn/h6*1H3;1H;1H2;;/q;;;;;;;;;+1/p-1. The van der Waals surface area contributed by atoms with Gasteiger partial charge in [-0.3, -0.25) is 0 Å². The first-order valence-electron chi connectivity index (χ1n) is 3.19. The van der Waals surface area contributed by atoms with Crippen LogP contribution in [0.15, 0.2) is 0 Å². The Bertz CT molecular complexity index is 52.5. The minimum atomic E-state index is -1.37. The fourth-order valence-corrected chi connectivity index (χ4v) is 0. The molecule has 0 aliphatic rings. The molecule has 4 heteroatoms. The molecule has 2 N–H and O–H groups in total. The van der Waals surface area contributed by atoms with Gasteiger partial charge in [0.2, 0.25) is 0 Å². The van der Waals surface area contributed by atoms with Crippen molar-refractivity contribution in [2.75, 3.05) is 0 Å². The van der Waals surface area contributed by atoms with E-state index in [1.807, 2.05) is 0 Å². The summed E-state index contributed by atoms with van der Waals surface area (Å²) in [6.45, 7) is 0. The summed E-state index contributed by atoms with van der Waals surface area (Å²) in [4.78, 5) is 14.0. The molecule has 10 heavy (non-hydrogen) atoms. The zero-order chi connectivity index (χ0) is 8.08. The molecule has 0 aliphatic heterocycles. The second-order valence-corrected chi connectivity index (χ2v) is 39.9. The third-order valence-electron chi connectivity index (χ3n) is 0. The molecule has 0 saturated carbocycles. The predicted octanol–water partition coefficient (Wildman–Crippen LogP) is 2.76. The first-order valence-corrected chi connectivity index (χ1v) is 26.7. The molecule has 0 aliphatic carbocycles. The summed E-state index contributed by atoms with van der Waals surface area (Å²) in [6.07, 6.45) is 0. The molecule has 1 radical (unpaired) electrons. The Balaban J connectivity index is -0.0000000910. The third-order valence-corrected chi connectivity index (χ3v) is 0. The molecular formula is C6H20BrOSn2. The molecule has 0 atom stereocenters. The fraction of sp³-hybridized carbons (Fsp3) is 1.00. The second-order valence-electron chi connectivity index (χ2n) is 3.57. The van der Waals surface area contributed by atoms with Gasteiger partial charge in [0, 0.05) is 0 Å². The van der Waals surface area contributed by atoms with Gasteiger partial charge in [-0.2, -0.15) is 0 Å². The van der Waals surface area contributed by atoms with Crippen molar-refractivity contribution in [2.45, 2.75) is 29.6 Å². The molecule has 0 spiro atoms. The number of rotatable bonds is 0. The normalized spacial score (nSPS) is 9.60. The number of halogens is 1. The Labute approximate surface area is 82.6 Å². The van der Waals surface area contributed by atoms with Crippen LogP contribution in [0.4, 0.5) is 0 Å². The van der Waals surface area contributed by atoms with E-state index in [0.717, 1.165) is 0 Å². The van der Waals surface area contributed by atoms with E-state index in [4.69, 9.17) is 0 Å². The summed E-state index contributed by atoms with van der Waals surface area (Å²) in [5.74, 6) is 0. The van der Waals surface area contributed by atoms with Crippen LogP contribution in [0, 0.1) is 0 Å². The topological polar surface area (TPSA) is 31.5 Å². The molecule has 0 unspecified atom stereocenters.